The molecule has 2 aromatic rings. The smallest absolute Gasteiger partial charge is 0.411 e. The van der Waals surface area contributed by atoms with Gasteiger partial charge in [0.1, 0.15) is 0 Å². The second-order valence-electron chi connectivity index (χ2n) is 4.15. The molecule has 1 aromatic heterocycles. The predicted octanol–water partition coefficient (Wildman–Crippen LogP) is 3.51. The van der Waals surface area contributed by atoms with Gasteiger partial charge in [0.15, 0.2) is 0 Å². The summed E-state index contributed by atoms with van der Waals surface area (Å²) in [6, 6.07) is 11.5. The predicted molar refractivity (Wildman–Crippen MR) is 76.0 cm³/mol. The van der Waals surface area contributed by atoms with E-state index in [1.165, 1.54) is 13.1 Å². The molecule has 0 saturated carbocycles. The summed E-state index contributed by atoms with van der Waals surface area (Å²) >= 11 is 0. The molecule has 0 bridgehead atoms. The minimum atomic E-state index is -1.02. The quantitative estimate of drug-likeness (QED) is 0.870. The van der Waals surface area contributed by atoms with Crippen LogP contribution in [-0.4, -0.2) is 23.2 Å². The van der Waals surface area contributed by atoms with Crippen molar-refractivity contribution in [2.75, 3.05) is 11.9 Å². The van der Waals surface area contributed by atoms with Gasteiger partial charge >= 0.3 is 6.09 Å². The number of hydrogen-bond donors (Lipinski definition) is 1. The molecule has 2 rings (SSSR count). The zero-order valence-electron chi connectivity index (χ0n) is 10.8. The van der Waals surface area contributed by atoms with Gasteiger partial charge in [0.2, 0.25) is 5.95 Å². The van der Waals surface area contributed by atoms with Crippen LogP contribution in [0.1, 0.15) is 11.3 Å². The van der Waals surface area contributed by atoms with E-state index in [0.29, 0.717) is 11.4 Å². The molecule has 0 fully saturated rings. The van der Waals surface area contributed by atoms with Crippen LogP contribution in [0, 0.1) is 5.95 Å². The first kappa shape index (κ1) is 13.7. The molecule has 4 nitrogen and oxygen atoms in total. The Morgan fingerprint density at radius 3 is 2.50 bits per heavy atom. The molecule has 0 saturated heterocycles. The Labute approximate surface area is 115 Å². The summed E-state index contributed by atoms with van der Waals surface area (Å²) in [4.78, 5) is 15.6. The molecule has 1 N–H and O–H groups in total. The second kappa shape index (κ2) is 5.97. The zero-order valence-corrected chi connectivity index (χ0v) is 10.8. The summed E-state index contributed by atoms with van der Waals surface area (Å²) in [6.07, 6.45) is 2.46. The minimum Gasteiger partial charge on any atom is -0.465 e. The highest BCUT2D eigenvalue weighted by atomic mass is 19.1. The van der Waals surface area contributed by atoms with Gasteiger partial charge in [-0.2, -0.15) is 4.39 Å². The molecule has 1 heterocycles. The monoisotopic (exact) mass is 272 g/mol. The van der Waals surface area contributed by atoms with Crippen molar-refractivity contribution in [1.29, 1.82) is 0 Å². The van der Waals surface area contributed by atoms with Gasteiger partial charge in [0, 0.05) is 12.7 Å². The molecule has 102 valence electrons. The number of carbonyl (C=O) groups is 1. The highest BCUT2D eigenvalue weighted by Crippen LogP contribution is 2.15. The molecule has 0 aliphatic heterocycles. The molecule has 20 heavy (non-hydrogen) atoms. The summed E-state index contributed by atoms with van der Waals surface area (Å²) in [7, 11) is 1.48. The first-order valence-corrected chi connectivity index (χ1v) is 5.93. The van der Waals surface area contributed by atoms with Gasteiger partial charge in [-0.25, -0.2) is 9.78 Å². The van der Waals surface area contributed by atoms with E-state index in [-0.39, 0.29) is 0 Å². The summed E-state index contributed by atoms with van der Waals surface area (Å²) in [5.74, 6) is -0.523. The maximum Gasteiger partial charge on any atom is 0.411 e. The van der Waals surface area contributed by atoms with Crippen LogP contribution in [0.2, 0.25) is 0 Å². The maximum absolute atomic E-state index is 12.9. The number of anilines is 1. The Morgan fingerprint density at radius 2 is 1.90 bits per heavy atom. The lowest BCUT2D eigenvalue weighted by atomic mass is 10.1. The van der Waals surface area contributed by atoms with Crippen molar-refractivity contribution in [2.45, 2.75) is 0 Å². The van der Waals surface area contributed by atoms with E-state index in [1.807, 2.05) is 0 Å². The van der Waals surface area contributed by atoms with E-state index in [4.69, 9.17) is 5.11 Å². The largest absolute Gasteiger partial charge is 0.465 e. The van der Waals surface area contributed by atoms with E-state index in [2.05, 4.69) is 4.98 Å². The van der Waals surface area contributed by atoms with Crippen LogP contribution >= 0.6 is 0 Å². The number of hydrogen-bond acceptors (Lipinski definition) is 2. The molecule has 0 spiro atoms. The Balaban J connectivity index is 2.13. The third-order valence-electron chi connectivity index (χ3n) is 2.75. The van der Waals surface area contributed by atoms with E-state index in [9.17, 15) is 9.18 Å². The van der Waals surface area contributed by atoms with Crippen LogP contribution in [0.3, 0.4) is 0 Å². The van der Waals surface area contributed by atoms with Crippen molar-refractivity contribution in [1.82, 2.24) is 4.98 Å². The summed E-state index contributed by atoms with van der Waals surface area (Å²) in [5.41, 5.74) is 1.98. The molecule has 1 amide bonds. The Kier molecular flexibility index (Phi) is 4.10. The van der Waals surface area contributed by atoms with E-state index in [0.717, 1.165) is 10.5 Å². The third kappa shape index (κ3) is 3.41. The highest BCUT2D eigenvalue weighted by molar-refractivity contribution is 5.85. The van der Waals surface area contributed by atoms with Crippen molar-refractivity contribution in [3.63, 3.8) is 0 Å². The standard InChI is InChI=1S/C15H13FN2O2/c1-18(15(19)20)13-9-6-11(7-10-13)5-8-12-3-2-4-14(16)17-12/h2-10H,1H3,(H,19,20)/b8-5+. The van der Waals surface area contributed by atoms with Crippen LogP contribution in [0.25, 0.3) is 12.2 Å². The van der Waals surface area contributed by atoms with Crippen LogP contribution < -0.4 is 4.90 Å². The number of carboxylic acid groups (broad SMARTS) is 1. The van der Waals surface area contributed by atoms with Crippen LogP contribution in [0.4, 0.5) is 14.9 Å². The van der Waals surface area contributed by atoms with Gasteiger partial charge in [-0.3, -0.25) is 4.90 Å². The lowest BCUT2D eigenvalue weighted by Crippen LogP contribution is -2.23. The lowest BCUT2D eigenvalue weighted by Gasteiger charge is -2.12. The normalized spacial score (nSPS) is 10.7. The van der Waals surface area contributed by atoms with Crippen molar-refractivity contribution < 1.29 is 14.3 Å². The third-order valence-corrected chi connectivity index (χ3v) is 2.75. The number of aromatic nitrogens is 1. The van der Waals surface area contributed by atoms with Crippen molar-refractivity contribution >= 4 is 23.9 Å². The number of amides is 1. The summed E-state index contributed by atoms with van der Waals surface area (Å²) < 4.78 is 12.9. The molecular weight excluding hydrogens is 259 g/mol. The molecule has 5 heteroatoms. The summed E-state index contributed by atoms with van der Waals surface area (Å²) in [6.45, 7) is 0. The average Bonchev–Trinajstić information content (AvgIpc) is 2.45. The van der Waals surface area contributed by atoms with Gasteiger partial charge in [0.25, 0.3) is 0 Å². The highest BCUT2D eigenvalue weighted by Gasteiger charge is 2.06. The minimum absolute atomic E-state index is 0.523. The second-order valence-corrected chi connectivity index (χ2v) is 4.15. The van der Waals surface area contributed by atoms with Crippen molar-refractivity contribution in [2.24, 2.45) is 0 Å². The Hall–Kier alpha value is -2.69. The van der Waals surface area contributed by atoms with Gasteiger partial charge in [-0.1, -0.05) is 24.3 Å². The Morgan fingerprint density at radius 1 is 1.20 bits per heavy atom. The number of pyridine rings is 1. The molecule has 0 atom stereocenters. The van der Waals surface area contributed by atoms with E-state index in [1.54, 1.807) is 48.6 Å². The number of halogens is 1. The lowest BCUT2D eigenvalue weighted by molar-refractivity contribution is 0.203. The summed E-state index contributed by atoms with van der Waals surface area (Å²) in [5, 5.41) is 8.85. The van der Waals surface area contributed by atoms with Crippen LogP contribution in [-0.2, 0) is 0 Å². The van der Waals surface area contributed by atoms with Crippen molar-refractivity contribution in [3.05, 3.63) is 59.7 Å². The van der Waals surface area contributed by atoms with Crippen LogP contribution in [0.5, 0.6) is 0 Å². The fraction of sp³-hybridized carbons (Fsp3) is 0.0667. The van der Waals surface area contributed by atoms with E-state index < -0.39 is 12.0 Å². The fourth-order valence-corrected chi connectivity index (χ4v) is 1.62. The van der Waals surface area contributed by atoms with Crippen LogP contribution in [0.15, 0.2) is 42.5 Å². The van der Waals surface area contributed by atoms with E-state index >= 15 is 0 Å². The fourth-order valence-electron chi connectivity index (χ4n) is 1.62. The SMILES string of the molecule is CN(C(=O)O)c1ccc(/C=C/c2cccc(F)n2)cc1. The number of nitrogens with zero attached hydrogens (tertiary/aromatic N) is 2. The van der Waals surface area contributed by atoms with Gasteiger partial charge in [0.05, 0.1) is 5.69 Å². The zero-order chi connectivity index (χ0) is 14.5. The molecule has 0 radical (unpaired) electrons. The Bertz CT molecular complexity index is 639. The van der Waals surface area contributed by atoms with Crippen molar-refractivity contribution in [3.8, 4) is 0 Å². The topological polar surface area (TPSA) is 53.4 Å². The molecule has 0 aliphatic carbocycles. The maximum atomic E-state index is 12.9. The molecule has 1 aromatic carbocycles. The molecule has 0 unspecified atom stereocenters. The van der Waals surface area contributed by atoms with Gasteiger partial charge in [-0.15, -0.1) is 0 Å². The average molecular weight is 272 g/mol. The van der Waals surface area contributed by atoms with Gasteiger partial charge < -0.3 is 5.11 Å². The first-order valence-electron chi connectivity index (χ1n) is 5.93. The molecule has 0 aliphatic rings. The molecular formula is C15H13FN2O2. The number of benzene rings is 1. The first-order chi connectivity index (χ1) is 9.56. The number of rotatable bonds is 3. The van der Waals surface area contributed by atoms with Gasteiger partial charge in [-0.05, 0) is 35.9 Å².